The van der Waals surface area contributed by atoms with Crippen molar-refractivity contribution in [2.45, 2.75) is 194 Å². The van der Waals surface area contributed by atoms with Crippen molar-refractivity contribution in [2.75, 3.05) is 26.4 Å². The Bertz CT molecular complexity index is 874. The van der Waals surface area contributed by atoms with E-state index in [2.05, 4.69) is 27.7 Å². The zero-order valence-electron chi connectivity index (χ0n) is 32.3. The number of esters is 4. The van der Waals surface area contributed by atoms with E-state index in [9.17, 15) is 28.6 Å². The zero-order valence-corrected chi connectivity index (χ0v) is 33.2. The third kappa shape index (κ3) is 32.4. The maximum atomic E-state index is 12.8. The van der Waals surface area contributed by atoms with Crippen LogP contribution in [-0.4, -0.2) is 62.5 Å². The fourth-order valence-corrected chi connectivity index (χ4v) is 5.89. The normalized spacial score (nSPS) is 13.6. The second-order valence-corrected chi connectivity index (χ2v) is 14.7. The Hall–Kier alpha value is -2.01. The van der Waals surface area contributed by atoms with Crippen LogP contribution in [0.15, 0.2) is 0 Å². The summed E-state index contributed by atoms with van der Waals surface area (Å²) in [7, 11) is -5.02. The molecule has 0 aromatic rings. The fraction of sp³-hybridized carbons (Fsp3) is 0.895. The predicted molar refractivity (Wildman–Crippen MR) is 195 cm³/mol. The Morgan fingerprint density at radius 1 is 0.431 bits per heavy atom. The van der Waals surface area contributed by atoms with Crippen LogP contribution in [0.1, 0.15) is 182 Å². The highest BCUT2D eigenvalue weighted by Gasteiger charge is 2.24. The van der Waals surface area contributed by atoms with Gasteiger partial charge in [-0.25, -0.2) is 0 Å². The molecular weight excluding hydrogens is 679 g/mol. The van der Waals surface area contributed by atoms with Crippen LogP contribution >= 0.6 is 7.82 Å². The number of hydrogen-bond donors (Lipinski definition) is 0. The molecule has 13 heteroatoms. The Morgan fingerprint density at radius 3 is 1.00 bits per heavy atom. The molecule has 0 aromatic carbocycles. The van der Waals surface area contributed by atoms with E-state index in [1.54, 1.807) is 0 Å². The predicted octanol–water partition coefficient (Wildman–Crippen LogP) is 8.84. The SMILES string of the molecule is CCCCCCCC(=O)OCC(COP(=O)([O-])OCC(COC(=O)CCCCCCC)OC(=O)CCCCCCC)OC(=O)CCCCCCC. The lowest BCUT2D eigenvalue weighted by Gasteiger charge is -2.27. The van der Waals surface area contributed by atoms with Gasteiger partial charge in [-0.3, -0.25) is 23.7 Å². The van der Waals surface area contributed by atoms with Crippen molar-refractivity contribution in [2.24, 2.45) is 0 Å². The quantitative estimate of drug-likeness (QED) is 0.0259. The number of phosphoric ester groups is 1. The summed E-state index contributed by atoms with van der Waals surface area (Å²) in [6.45, 7) is 6.38. The van der Waals surface area contributed by atoms with Crippen LogP contribution < -0.4 is 4.89 Å². The van der Waals surface area contributed by atoms with Crippen LogP contribution in [0.4, 0.5) is 0 Å². The van der Waals surface area contributed by atoms with E-state index in [1.807, 2.05) is 0 Å². The molecule has 0 amide bonds. The molecule has 0 aliphatic rings. The molecular formula is C38H70O12P-. The van der Waals surface area contributed by atoms with Crippen LogP contribution in [0.25, 0.3) is 0 Å². The largest absolute Gasteiger partial charge is 0.756 e. The fourth-order valence-electron chi connectivity index (χ4n) is 5.12. The van der Waals surface area contributed by atoms with Crippen LogP contribution in [0, 0.1) is 0 Å². The van der Waals surface area contributed by atoms with Gasteiger partial charge in [0, 0.05) is 25.7 Å². The molecule has 0 spiro atoms. The van der Waals surface area contributed by atoms with Gasteiger partial charge in [-0.15, -0.1) is 0 Å². The number of unbranched alkanes of at least 4 members (excludes halogenated alkanes) is 16. The first-order valence-corrected chi connectivity index (χ1v) is 21.3. The van der Waals surface area contributed by atoms with Gasteiger partial charge in [0.2, 0.25) is 0 Å². The van der Waals surface area contributed by atoms with Gasteiger partial charge in [-0.2, -0.15) is 0 Å². The van der Waals surface area contributed by atoms with Gasteiger partial charge in [-0.05, 0) is 25.7 Å². The van der Waals surface area contributed by atoms with Crippen molar-refractivity contribution in [1.29, 1.82) is 0 Å². The molecule has 2 atom stereocenters. The van der Waals surface area contributed by atoms with Gasteiger partial charge >= 0.3 is 23.9 Å². The van der Waals surface area contributed by atoms with Gasteiger partial charge < -0.3 is 32.9 Å². The van der Waals surface area contributed by atoms with E-state index in [1.165, 1.54) is 0 Å². The number of hydrogen-bond acceptors (Lipinski definition) is 12. The first-order valence-electron chi connectivity index (χ1n) is 19.9. The van der Waals surface area contributed by atoms with Crippen LogP contribution in [0.3, 0.4) is 0 Å². The molecule has 0 N–H and O–H groups in total. The average Bonchev–Trinajstić information content (AvgIpc) is 3.10. The molecule has 0 fully saturated rings. The van der Waals surface area contributed by atoms with E-state index in [-0.39, 0.29) is 38.9 Å². The third-order valence-corrected chi connectivity index (χ3v) is 9.16. The Kier molecular flexibility index (Phi) is 32.5. The minimum absolute atomic E-state index is 0.139. The van der Waals surface area contributed by atoms with E-state index in [0.717, 1.165) is 103 Å². The molecule has 0 aliphatic heterocycles. The summed E-state index contributed by atoms with van der Waals surface area (Å²) in [5.41, 5.74) is 0. The number of carbonyl (C=O) groups is 4. The maximum absolute atomic E-state index is 12.8. The summed E-state index contributed by atoms with van der Waals surface area (Å²) in [6, 6.07) is 0. The van der Waals surface area contributed by atoms with Gasteiger partial charge in [0.15, 0.2) is 12.2 Å². The van der Waals surface area contributed by atoms with Crippen molar-refractivity contribution in [3.05, 3.63) is 0 Å². The van der Waals surface area contributed by atoms with Crippen LogP contribution in [-0.2, 0) is 51.7 Å². The second-order valence-electron chi connectivity index (χ2n) is 13.3. The average molecular weight is 750 g/mol. The number of ether oxygens (including phenoxy) is 4. The Balaban J connectivity index is 5.22. The van der Waals surface area contributed by atoms with E-state index >= 15 is 0 Å². The van der Waals surface area contributed by atoms with Crippen molar-refractivity contribution in [3.63, 3.8) is 0 Å². The minimum atomic E-state index is -5.02. The third-order valence-electron chi connectivity index (χ3n) is 8.23. The highest BCUT2D eigenvalue weighted by Crippen LogP contribution is 2.39. The van der Waals surface area contributed by atoms with E-state index < -0.39 is 57.1 Å². The number of carbonyl (C=O) groups excluding carboxylic acids is 4. The summed E-state index contributed by atoms with van der Waals surface area (Å²) in [5, 5.41) is 0. The summed E-state index contributed by atoms with van der Waals surface area (Å²) in [6.07, 6.45) is 17.1. The molecule has 0 bridgehead atoms. The van der Waals surface area contributed by atoms with Crippen LogP contribution in [0.5, 0.6) is 0 Å². The topological polar surface area (TPSA) is 164 Å². The lowest BCUT2D eigenvalue weighted by atomic mass is 10.1. The number of rotatable bonds is 36. The first-order chi connectivity index (χ1) is 24.6. The monoisotopic (exact) mass is 749 g/mol. The van der Waals surface area contributed by atoms with Gasteiger partial charge in [-0.1, -0.05) is 130 Å². The van der Waals surface area contributed by atoms with Crippen molar-refractivity contribution >= 4 is 31.7 Å². The maximum Gasteiger partial charge on any atom is 0.306 e. The van der Waals surface area contributed by atoms with Crippen molar-refractivity contribution in [3.8, 4) is 0 Å². The van der Waals surface area contributed by atoms with Gasteiger partial charge in [0.05, 0.1) is 13.2 Å². The van der Waals surface area contributed by atoms with Gasteiger partial charge in [0.1, 0.15) is 13.2 Å². The lowest BCUT2D eigenvalue weighted by molar-refractivity contribution is -0.231. The van der Waals surface area contributed by atoms with Gasteiger partial charge in [0.25, 0.3) is 7.82 Å². The molecule has 0 rings (SSSR count). The zero-order chi connectivity index (χ0) is 38.0. The minimum Gasteiger partial charge on any atom is -0.756 e. The van der Waals surface area contributed by atoms with Crippen LogP contribution in [0.2, 0.25) is 0 Å². The standard InChI is InChI=1S/C38H71O12P/c1-5-9-13-17-21-25-35(39)45-29-33(49-37(41)27-23-19-15-11-7-3)31-47-51(43,44)48-32-34(50-38(42)28-24-20-16-12-8-4)30-46-36(40)26-22-18-14-10-6-2/h33-34H,5-32H2,1-4H3,(H,43,44)/p-1. The lowest BCUT2D eigenvalue weighted by Crippen LogP contribution is -2.32. The molecule has 0 aliphatic carbocycles. The molecule has 300 valence electrons. The Morgan fingerprint density at radius 2 is 0.706 bits per heavy atom. The summed E-state index contributed by atoms with van der Waals surface area (Å²) < 4.78 is 44.3. The molecule has 0 saturated heterocycles. The summed E-state index contributed by atoms with van der Waals surface area (Å²) in [4.78, 5) is 62.4. The first kappa shape index (κ1) is 49.0. The van der Waals surface area contributed by atoms with E-state index in [0.29, 0.717) is 25.7 Å². The smallest absolute Gasteiger partial charge is 0.306 e. The van der Waals surface area contributed by atoms with E-state index in [4.69, 9.17) is 28.0 Å². The number of phosphoric acid groups is 1. The molecule has 12 nitrogen and oxygen atoms in total. The Labute approximate surface area is 308 Å². The summed E-state index contributed by atoms with van der Waals surface area (Å²) in [5.74, 6) is -2.05. The highest BCUT2D eigenvalue weighted by atomic mass is 31.2. The summed E-state index contributed by atoms with van der Waals surface area (Å²) >= 11 is 0. The van der Waals surface area contributed by atoms with Crippen molar-refractivity contribution < 1.29 is 56.6 Å². The second kappa shape index (κ2) is 33.8. The van der Waals surface area contributed by atoms with Crippen molar-refractivity contribution in [1.82, 2.24) is 0 Å². The molecule has 0 saturated carbocycles. The molecule has 0 aromatic heterocycles. The molecule has 2 unspecified atom stereocenters. The molecule has 0 heterocycles. The highest BCUT2D eigenvalue weighted by molar-refractivity contribution is 7.45. The molecule has 0 radical (unpaired) electrons. The molecule has 51 heavy (non-hydrogen) atoms.